The summed E-state index contributed by atoms with van der Waals surface area (Å²) in [4.78, 5) is 16.2. The van der Waals surface area contributed by atoms with Crippen LogP contribution >= 0.6 is 11.3 Å². The number of hydrazone groups is 1. The van der Waals surface area contributed by atoms with Gasteiger partial charge >= 0.3 is 0 Å². The average molecular weight is 333 g/mol. The van der Waals surface area contributed by atoms with Gasteiger partial charge < -0.3 is 9.47 Å². The van der Waals surface area contributed by atoms with E-state index in [1.807, 2.05) is 24.4 Å². The number of amides is 1. The first-order valence-corrected chi connectivity index (χ1v) is 7.88. The smallest absolute Gasteiger partial charge is 0.246 e. The van der Waals surface area contributed by atoms with Crippen molar-refractivity contribution in [1.82, 2.24) is 10.4 Å². The lowest BCUT2D eigenvalue weighted by molar-refractivity contribution is -0.120. The van der Waals surface area contributed by atoms with Crippen molar-refractivity contribution in [2.24, 2.45) is 5.10 Å². The monoisotopic (exact) mass is 333 g/mol. The molecule has 1 aromatic carbocycles. The number of aromatic nitrogens is 1. The van der Waals surface area contributed by atoms with Gasteiger partial charge in [-0.15, -0.1) is 11.3 Å². The lowest BCUT2D eigenvalue weighted by atomic mass is 10.1. The number of benzene rings is 1. The fraction of sp³-hybridized carbons (Fsp3) is 0.312. The molecule has 0 saturated carbocycles. The summed E-state index contributed by atoms with van der Waals surface area (Å²) in [6.45, 7) is 3.71. The number of rotatable bonds is 6. The molecule has 6 nitrogen and oxygen atoms in total. The van der Waals surface area contributed by atoms with E-state index in [0.29, 0.717) is 17.2 Å². The first-order valence-electron chi connectivity index (χ1n) is 7.00. The van der Waals surface area contributed by atoms with E-state index in [1.54, 1.807) is 27.2 Å². The minimum atomic E-state index is -0.206. The fourth-order valence-electron chi connectivity index (χ4n) is 2.00. The summed E-state index contributed by atoms with van der Waals surface area (Å²) in [6.07, 6.45) is 0.209. The highest BCUT2D eigenvalue weighted by atomic mass is 32.1. The molecule has 0 aliphatic carbocycles. The lowest BCUT2D eigenvalue weighted by Gasteiger charge is -2.10. The molecule has 1 aromatic heterocycles. The highest BCUT2D eigenvalue weighted by molar-refractivity contribution is 7.09. The van der Waals surface area contributed by atoms with Crippen LogP contribution in [0.1, 0.15) is 23.2 Å². The molecule has 0 fully saturated rings. The fourth-order valence-corrected chi connectivity index (χ4v) is 2.61. The van der Waals surface area contributed by atoms with E-state index in [-0.39, 0.29) is 12.3 Å². The van der Waals surface area contributed by atoms with Crippen LogP contribution in [0.25, 0.3) is 0 Å². The molecule has 0 saturated heterocycles. The van der Waals surface area contributed by atoms with Crippen molar-refractivity contribution in [1.29, 1.82) is 0 Å². The molecule has 7 heteroatoms. The second kappa shape index (κ2) is 7.73. The number of ether oxygens (including phenoxy) is 2. The minimum absolute atomic E-state index is 0.206. The molecule has 2 rings (SSSR count). The molecule has 2 aromatic rings. The average Bonchev–Trinajstić information content (AvgIpc) is 2.96. The van der Waals surface area contributed by atoms with E-state index in [0.717, 1.165) is 16.3 Å². The Labute approximate surface area is 139 Å². The highest BCUT2D eigenvalue weighted by Crippen LogP contribution is 2.25. The van der Waals surface area contributed by atoms with E-state index in [4.69, 9.17) is 9.47 Å². The molecule has 0 aliphatic rings. The van der Waals surface area contributed by atoms with Crippen LogP contribution in [-0.2, 0) is 11.2 Å². The molecule has 0 unspecified atom stereocenters. The highest BCUT2D eigenvalue weighted by Gasteiger charge is 2.10. The van der Waals surface area contributed by atoms with Crippen molar-refractivity contribution >= 4 is 23.0 Å². The van der Waals surface area contributed by atoms with E-state index >= 15 is 0 Å². The van der Waals surface area contributed by atoms with Crippen molar-refractivity contribution in [2.75, 3.05) is 14.2 Å². The van der Waals surface area contributed by atoms with Crippen molar-refractivity contribution < 1.29 is 14.3 Å². The van der Waals surface area contributed by atoms with Crippen LogP contribution < -0.4 is 14.9 Å². The predicted molar refractivity (Wildman–Crippen MR) is 90.5 cm³/mol. The maximum Gasteiger partial charge on any atom is 0.246 e. The third kappa shape index (κ3) is 4.53. The van der Waals surface area contributed by atoms with E-state index < -0.39 is 0 Å². The molecule has 1 amide bonds. The maximum atomic E-state index is 11.9. The SMILES string of the molecule is COc1ccc(/C(C)=N\NC(=O)Cc2csc(C)n2)c(OC)c1. The van der Waals surface area contributed by atoms with E-state index in [9.17, 15) is 4.79 Å². The van der Waals surface area contributed by atoms with Crippen LogP contribution in [0.3, 0.4) is 0 Å². The zero-order valence-corrected chi connectivity index (χ0v) is 14.4. The van der Waals surface area contributed by atoms with Gasteiger partial charge in [0.1, 0.15) is 11.5 Å². The Bertz CT molecular complexity index is 725. The summed E-state index contributed by atoms with van der Waals surface area (Å²) < 4.78 is 10.5. The van der Waals surface area contributed by atoms with Crippen LogP contribution in [0.15, 0.2) is 28.7 Å². The molecule has 122 valence electrons. The van der Waals surface area contributed by atoms with Gasteiger partial charge in [0.05, 0.1) is 37.1 Å². The summed E-state index contributed by atoms with van der Waals surface area (Å²) in [7, 11) is 3.17. The Kier molecular flexibility index (Phi) is 5.70. The van der Waals surface area contributed by atoms with Crippen LogP contribution in [0.4, 0.5) is 0 Å². The number of aryl methyl sites for hydroxylation is 1. The van der Waals surface area contributed by atoms with Crippen molar-refractivity contribution in [3.63, 3.8) is 0 Å². The van der Waals surface area contributed by atoms with Gasteiger partial charge in [-0.25, -0.2) is 10.4 Å². The molecular formula is C16H19N3O3S. The Morgan fingerprint density at radius 3 is 2.74 bits per heavy atom. The largest absolute Gasteiger partial charge is 0.497 e. The first kappa shape index (κ1) is 17.0. The third-order valence-corrected chi connectivity index (χ3v) is 3.98. The van der Waals surface area contributed by atoms with Crippen molar-refractivity contribution in [3.8, 4) is 11.5 Å². The quantitative estimate of drug-likeness (QED) is 0.651. The molecule has 1 N–H and O–H groups in total. The van der Waals surface area contributed by atoms with Gasteiger partial charge in [0.2, 0.25) is 5.91 Å². The van der Waals surface area contributed by atoms with Crippen LogP contribution in [0, 0.1) is 6.92 Å². The topological polar surface area (TPSA) is 72.8 Å². The molecule has 23 heavy (non-hydrogen) atoms. The van der Waals surface area contributed by atoms with Gasteiger partial charge in [0.15, 0.2) is 0 Å². The van der Waals surface area contributed by atoms with Crippen LogP contribution in [0.5, 0.6) is 11.5 Å². The molecule has 0 radical (unpaired) electrons. The summed E-state index contributed by atoms with van der Waals surface area (Å²) in [5, 5.41) is 6.95. The first-order chi connectivity index (χ1) is 11.0. The summed E-state index contributed by atoms with van der Waals surface area (Å²) in [6, 6.07) is 5.43. The van der Waals surface area contributed by atoms with E-state index in [2.05, 4.69) is 15.5 Å². The molecule has 0 spiro atoms. The normalized spacial score (nSPS) is 11.2. The lowest BCUT2D eigenvalue weighted by Crippen LogP contribution is -2.21. The number of methoxy groups -OCH3 is 2. The maximum absolute atomic E-state index is 11.9. The Morgan fingerprint density at radius 1 is 1.35 bits per heavy atom. The molecule has 0 bridgehead atoms. The molecule has 1 heterocycles. The van der Waals surface area contributed by atoms with Gasteiger partial charge in [-0.2, -0.15) is 5.10 Å². The minimum Gasteiger partial charge on any atom is -0.497 e. The Hall–Kier alpha value is -2.41. The second-order valence-electron chi connectivity index (χ2n) is 4.83. The summed E-state index contributed by atoms with van der Waals surface area (Å²) in [5.41, 5.74) is 4.73. The number of thiazole rings is 1. The van der Waals surface area contributed by atoms with E-state index in [1.165, 1.54) is 11.3 Å². The third-order valence-electron chi connectivity index (χ3n) is 3.16. The summed E-state index contributed by atoms with van der Waals surface area (Å²) >= 11 is 1.52. The molecule has 0 aliphatic heterocycles. The van der Waals surface area contributed by atoms with Gasteiger partial charge in [0.25, 0.3) is 0 Å². The number of nitrogens with zero attached hydrogens (tertiary/aromatic N) is 2. The number of carbonyl (C=O) groups is 1. The molecular weight excluding hydrogens is 314 g/mol. The standard InChI is InChI=1S/C16H19N3O3S/c1-10(14-6-5-13(21-3)8-15(14)22-4)18-19-16(20)7-12-9-23-11(2)17-12/h5-6,8-9H,7H2,1-4H3,(H,19,20)/b18-10-. The number of carbonyl (C=O) groups excluding carboxylic acids is 1. The Morgan fingerprint density at radius 2 is 2.13 bits per heavy atom. The Balaban J connectivity index is 2.06. The zero-order chi connectivity index (χ0) is 16.8. The second-order valence-corrected chi connectivity index (χ2v) is 5.90. The van der Waals surface area contributed by atoms with Crippen molar-refractivity contribution in [2.45, 2.75) is 20.3 Å². The number of hydrogen-bond acceptors (Lipinski definition) is 6. The number of hydrogen-bond donors (Lipinski definition) is 1. The zero-order valence-electron chi connectivity index (χ0n) is 13.5. The van der Waals surface area contributed by atoms with Crippen molar-refractivity contribution in [3.05, 3.63) is 39.8 Å². The van der Waals surface area contributed by atoms with Gasteiger partial charge in [-0.3, -0.25) is 4.79 Å². The number of nitrogens with one attached hydrogen (secondary N) is 1. The van der Waals surface area contributed by atoms with Gasteiger partial charge in [-0.05, 0) is 26.0 Å². The predicted octanol–water partition coefficient (Wildman–Crippen LogP) is 2.55. The van der Waals surface area contributed by atoms with Gasteiger partial charge in [-0.1, -0.05) is 0 Å². The summed E-state index contributed by atoms with van der Waals surface area (Å²) in [5.74, 6) is 1.12. The van der Waals surface area contributed by atoms with Crippen LogP contribution in [0.2, 0.25) is 0 Å². The van der Waals surface area contributed by atoms with Crippen LogP contribution in [-0.4, -0.2) is 30.8 Å². The van der Waals surface area contributed by atoms with Gasteiger partial charge in [0, 0.05) is 17.0 Å². The molecule has 0 atom stereocenters.